The summed E-state index contributed by atoms with van der Waals surface area (Å²) in [6.45, 7) is 2.20. The van der Waals surface area contributed by atoms with Crippen LogP contribution in [0.4, 0.5) is 4.39 Å². The molecule has 0 unspecified atom stereocenters. The van der Waals surface area contributed by atoms with Crippen molar-refractivity contribution in [3.63, 3.8) is 0 Å². The third-order valence-electron chi connectivity index (χ3n) is 3.52. The maximum atomic E-state index is 14.2. The third-order valence-corrected chi connectivity index (χ3v) is 3.52. The average molecular weight is 328 g/mol. The van der Waals surface area contributed by atoms with Gasteiger partial charge in [0.2, 0.25) is 5.89 Å². The summed E-state index contributed by atoms with van der Waals surface area (Å²) >= 11 is 0. The van der Waals surface area contributed by atoms with Crippen LogP contribution >= 0.6 is 0 Å². The van der Waals surface area contributed by atoms with Crippen LogP contribution in [0.2, 0.25) is 0 Å². The van der Waals surface area contributed by atoms with Crippen LogP contribution in [0.15, 0.2) is 47.2 Å². The van der Waals surface area contributed by atoms with E-state index in [1.54, 1.807) is 36.0 Å². The van der Waals surface area contributed by atoms with Crippen molar-refractivity contribution < 1.29 is 13.7 Å². The number of aryl methyl sites for hydroxylation is 2. The Bertz CT molecular complexity index is 827. The number of aromatic nitrogens is 3. The van der Waals surface area contributed by atoms with E-state index < -0.39 is 5.82 Å². The highest BCUT2D eigenvalue weighted by Gasteiger charge is 2.10. The Morgan fingerprint density at radius 3 is 2.79 bits per heavy atom. The average Bonchev–Trinajstić information content (AvgIpc) is 3.23. The number of carbonyl (C=O) groups is 1. The zero-order valence-corrected chi connectivity index (χ0v) is 13.2. The van der Waals surface area contributed by atoms with Crippen molar-refractivity contribution in [1.82, 2.24) is 20.0 Å². The molecule has 1 N–H and O–H groups in total. The highest BCUT2D eigenvalue weighted by molar-refractivity contribution is 5.94. The van der Waals surface area contributed by atoms with E-state index in [0.29, 0.717) is 36.8 Å². The Hall–Kier alpha value is -2.96. The maximum Gasteiger partial charge on any atom is 0.251 e. The molecule has 0 radical (unpaired) electrons. The van der Waals surface area contributed by atoms with Crippen molar-refractivity contribution in [1.29, 1.82) is 0 Å². The first-order valence-corrected chi connectivity index (χ1v) is 7.64. The highest BCUT2D eigenvalue weighted by atomic mass is 19.1. The van der Waals surface area contributed by atoms with E-state index in [1.807, 2.05) is 12.1 Å². The first-order valence-electron chi connectivity index (χ1n) is 7.64. The minimum Gasteiger partial charge on any atom is -0.352 e. The van der Waals surface area contributed by atoms with Crippen LogP contribution in [0.3, 0.4) is 0 Å². The Balaban J connectivity index is 1.54. The largest absolute Gasteiger partial charge is 0.352 e. The highest BCUT2D eigenvalue weighted by Crippen LogP contribution is 2.15. The van der Waals surface area contributed by atoms with Crippen LogP contribution in [0.5, 0.6) is 0 Å². The first kappa shape index (κ1) is 15.9. The first-order chi connectivity index (χ1) is 11.6. The van der Waals surface area contributed by atoms with E-state index in [1.165, 1.54) is 6.07 Å². The Kier molecular flexibility index (Phi) is 4.69. The summed E-state index contributed by atoms with van der Waals surface area (Å²) in [5, 5.41) is 6.46. The van der Waals surface area contributed by atoms with Gasteiger partial charge in [-0.05, 0) is 43.7 Å². The summed E-state index contributed by atoms with van der Waals surface area (Å²) < 4.78 is 20.8. The predicted molar refractivity (Wildman–Crippen MR) is 85.4 cm³/mol. The van der Waals surface area contributed by atoms with Crippen molar-refractivity contribution >= 4 is 5.91 Å². The molecular formula is C17H17FN4O2. The monoisotopic (exact) mass is 328 g/mol. The van der Waals surface area contributed by atoms with E-state index in [9.17, 15) is 9.18 Å². The molecule has 0 aliphatic heterocycles. The molecule has 24 heavy (non-hydrogen) atoms. The van der Waals surface area contributed by atoms with Crippen molar-refractivity contribution in [3.8, 4) is 5.69 Å². The third kappa shape index (κ3) is 3.68. The van der Waals surface area contributed by atoms with E-state index in [4.69, 9.17) is 4.52 Å². The quantitative estimate of drug-likeness (QED) is 0.706. The smallest absolute Gasteiger partial charge is 0.251 e. The summed E-state index contributed by atoms with van der Waals surface area (Å²) in [6.07, 6.45) is 4.74. The molecule has 0 fully saturated rings. The normalized spacial score (nSPS) is 10.8. The molecule has 2 heterocycles. The van der Waals surface area contributed by atoms with Crippen LogP contribution < -0.4 is 5.32 Å². The molecule has 3 rings (SSSR count). The molecule has 7 heteroatoms. The van der Waals surface area contributed by atoms with Crippen LogP contribution in [-0.2, 0) is 6.42 Å². The van der Waals surface area contributed by atoms with Crippen LogP contribution in [0.1, 0.15) is 28.5 Å². The lowest BCUT2D eigenvalue weighted by atomic mass is 10.1. The topological polar surface area (TPSA) is 73.0 Å². The van der Waals surface area contributed by atoms with Gasteiger partial charge in [-0.1, -0.05) is 5.16 Å². The van der Waals surface area contributed by atoms with Crippen LogP contribution in [0.25, 0.3) is 5.69 Å². The summed E-state index contributed by atoms with van der Waals surface area (Å²) in [4.78, 5) is 16.2. The molecule has 6 nitrogen and oxygen atoms in total. The van der Waals surface area contributed by atoms with Gasteiger partial charge in [-0.3, -0.25) is 4.79 Å². The second-order valence-corrected chi connectivity index (χ2v) is 5.35. The van der Waals surface area contributed by atoms with Crippen molar-refractivity contribution in [2.75, 3.05) is 6.54 Å². The number of carbonyl (C=O) groups excluding carboxylic acids is 1. The molecule has 0 atom stereocenters. The van der Waals surface area contributed by atoms with Crippen LogP contribution in [0, 0.1) is 12.7 Å². The Labute approximate surface area is 138 Å². The number of benzene rings is 1. The molecule has 0 spiro atoms. The fourth-order valence-corrected chi connectivity index (χ4v) is 2.34. The molecule has 1 amide bonds. The van der Waals surface area contributed by atoms with Crippen molar-refractivity contribution in [2.24, 2.45) is 0 Å². The van der Waals surface area contributed by atoms with Gasteiger partial charge in [-0.2, -0.15) is 4.98 Å². The standard InChI is InChI=1S/C17H17FN4O2/c1-12-20-16(24-21-12)5-4-8-19-17(23)13-6-7-15(14(18)11-13)22-9-2-3-10-22/h2-3,6-7,9-11H,4-5,8H2,1H3,(H,19,23). The molecule has 124 valence electrons. The van der Waals surface area contributed by atoms with Crippen molar-refractivity contribution in [2.45, 2.75) is 19.8 Å². The lowest BCUT2D eigenvalue weighted by molar-refractivity contribution is 0.0952. The fourth-order valence-electron chi connectivity index (χ4n) is 2.34. The summed E-state index contributed by atoms with van der Waals surface area (Å²) in [5.41, 5.74) is 0.695. The number of nitrogens with zero attached hydrogens (tertiary/aromatic N) is 3. The molecule has 3 aromatic rings. The molecular weight excluding hydrogens is 311 g/mol. The number of rotatable bonds is 6. The molecule has 0 aliphatic rings. The lowest BCUT2D eigenvalue weighted by Crippen LogP contribution is -2.25. The van der Waals surface area contributed by atoms with E-state index in [0.717, 1.165) is 0 Å². The Morgan fingerprint density at radius 2 is 2.12 bits per heavy atom. The van der Waals surface area contributed by atoms with Gasteiger partial charge in [0, 0.05) is 30.9 Å². The maximum absolute atomic E-state index is 14.2. The number of hydrogen-bond donors (Lipinski definition) is 1. The number of amides is 1. The SMILES string of the molecule is Cc1noc(CCCNC(=O)c2ccc(-n3cccc3)c(F)c2)n1. The second kappa shape index (κ2) is 7.08. The van der Waals surface area contributed by atoms with Gasteiger partial charge in [0.25, 0.3) is 5.91 Å². The summed E-state index contributed by atoms with van der Waals surface area (Å²) in [5.74, 6) is 0.381. The van der Waals surface area contributed by atoms with Gasteiger partial charge in [0.15, 0.2) is 5.82 Å². The predicted octanol–water partition coefficient (Wildman–Crippen LogP) is 2.67. The Morgan fingerprint density at radius 1 is 1.33 bits per heavy atom. The van der Waals surface area contributed by atoms with Crippen LogP contribution in [-0.4, -0.2) is 27.2 Å². The van der Waals surface area contributed by atoms with E-state index in [-0.39, 0.29) is 11.5 Å². The van der Waals surface area contributed by atoms with Gasteiger partial charge in [0.05, 0.1) is 5.69 Å². The summed E-state index contributed by atoms with van der Waals surface area (Å²) in [6, 6.07) is 8.06. The lowest BCUT2D eigenvalue weighted by Gasteiger charge is -2.08. The zero-order chi connectivity index (χ0) is 16.9. The summed E-state index contributed by atoms with van der Waals surface area (Å²) in [7, 11) is 0. The number of nitrogens with one attached hydrogen (secondary N) is 1. The van der Waals surface area contributed by atoms with Gasteiger partial charge in [-0.15, -0.1) is 0 Å². The van der Waals surface area contributed by atoms with Gasteiger partial charge >= 0.3 is 0 Å². The van der Waals surface area contributed by atoms with Crippen molar-refractivity contribution in [3.05, 3.63) is 65.8 Å². The second-order valence-electron chi connectivity index (χ2n) is 5.35. The molecule has 2 aromatic heterocycles. The van der Waals surface area contributed by atoms with E-state index in [2.05, 4.69) is 15.5 Å². The van der Waals surface area contributed by atoms with Gasteiger partial charge < -0.3 is 14.4 Å². The molecule has 0 bridgehead atoms. The molecule has 1 aromatic carbocycles. The molecule has 0 saturated carbocycles. The zero-order valence-electron chi connectivity index (χ0n) is 13.2. The minimum absolute atomic E-state index is 0.289. The fraction of sp³-hybridized carbons (Fsp3) is 0.235. The number of halogens is 1. The number of hydrogen-bond acceptors (Lipinski definition) is 4. The van der Waals surface area contributed by atoms with Gasteiger partial charge in [0.1, 0.15) is 5.82 Å². The molecule has 0 saturated heterocycles. The van der Waals surface area contributed by atoms with E-state index >= 15 is 0 Å². The molecule has 0 aliphatic carbocycles. The van der Waals surface area contributed by atoms with Gasteiger partial charge in [-0.25, -0.2) is 4.39 Å². The minimum atomic E-state index is -0.444.